The summed E-state index contributed by atoms with van der Waals surface area (Å²) in [5, 5.41) is 5.21. The van der Waals surface area contributed by atoms with Crippen molar-refractivity contribution >= 4 is 44.4 Å². The Labute approximate surface area is 157 Å². The Bertz CT molecular complexity index is 910. The maximum absolute atomic E-state index is 12.0. The van der Waals surface area contributed by atoms with Gasteiger partial charge in [-0.3, -0.25) is 15.1 Å². The van der Waals surface area contributed by atoms with Gasteiger partial charge in [-0.05, 0) is 51.8 Å². The lowest BCUT2D eigenvalue weighted by atomic mass is 10.2. The second-order valence-corrected chi connectivity index (χ2v) is 6.71. The summed E-state index contributed by atoms with van der Waals surface area (Å²) in [6.07, 6.45) is 6.54. The van der Waals surface area contributed by atoms with Crippen molar-refractivity contribution in [2.45, 2.75) is 0 Å². The van der Waals surface area contributed by atoms with Crippen molar-refractivity contribution in [3.05, 3.63) is 64.2 Å². The molecule has 3 rings (SSSR count). The number of rotatable bonds is 5. The van der Waals surface area contributed by atoms with E-state index in [1.807, 2.05) is 35.7 Å². The minimum atomic E-state index is -0.235. The van der Waals surface area contributed by atoms with Crippen LogP contribution in [0.25, 0.3) is 17.3 Å². The third kappa shape index (κ3) is 4.52. The summed E-state index contributed by atoms with van der Waals surface area (Å²) in [5.41, 5.74) is 2.59. The number of hydrogen-bond acceptors (Lipinski definition) is 5. The van der Waals surface area contributed by atoms with Crippen molar-refractivity contribution in [3.63, 3.8) is 0 Å². The molecule has 3 aromatic rings. The maximum Gasteiger partial charge on any atom is 0.250 e. The van der Waals surface area contributed by atoms with E-state index in [1.165, 1.54) is 17.4 Å². The molecule has 0 fully saturated rings. The zero-order valence-corrected chi connectivity index (χ0v) is 15.7. The van der Waals surface area contributed by atoms with Crippen LogP contribution in [0.1, 0.15) is 5.56 Å². The maximum atomic E-state index is 12.0. The smallest absolute Gasteiger partial charge is 0.250 e. The Balaban J connectivity index is 1.68. The number of anilines is 1. The Morgan fingerprint density at radius 2 is 2.24 bits per heavy atom. The van der Waals surface area contributed by atoms with Crippen LogP contribution in [0.15, 0.2) is 58.7 Å². The topological polar surface area (TPSA) is 64.1 Å². The number of methoxy groups -OCH3 is 1. The van der Waals surface area contributed by atoms with Crippen molar-refractivity contribution in [2.24, 2.45) is 0 Å². The normalized spacial score (nSPS) is 10.8. The van der Waals surface area contributed by atoms with Gasteiger partial charge in [-0.25, -0.2) is 4.98 Å². The van der Waals surface area contributed by atoms with Crippen LogP contribution in [0.4, 0.5) is 5.13 Å². The van der Waals surface area contributed by atoms with Crippen LogP contribution in [0.3, 0.4) is 0 Å². The number of halogens is 1. The fourth-order valence-corrected chi connectivity index (χ4v) is 3.35. The molecule has 0 radical (unpaired) electrons. The van der Waals surface area contributed by atoms with Crippen LogP contribution in [-0.4, -0.2) is 23.0 Å². The quantitative estimate of drug-likeness (QED) is 0.616. The number of aromatic nitrogens is 2. The first kappa shape index (κ1) is 17.3. The molecule has 0 saturated heterocycles. The Morgan fingerprint density at radius 3 is 2.96 bits per heavy atom. The number of carbonyl (C=O) groups excluding carboxylic acids is 1. The SMILES string of the molecule is COc1ccc(-c2csc(NC(=O)C=Cc3cccnc3)n2)cc1Br. The number of pyridine rings is 1. The predicted molar refractivity (Wildman–Crippen MR) is 104 cm³/mol. The second-order valence-electron chi connectivity index (χ2n) is 5.00. The summed E-state index contributed by atoms with van der Waals surface area (Å²) in [7, 11) is 1.62. The number of hydrogen-bond donors (Lipinski definition) is 1. The van der Waals surface area contributed by atoms with Crippen LogP contribution in [-0.2, 0) is 4.79 Å². The van der Waals surface area contributed by atoms with Gasteiger partial charge in [-0.15, -0.1) is 11.3 Å². The molecule has 25 heavy (non-hydrogen) atoms. The lowest BCUT2D eigenvalue weighted by Gasteiger charge is -2.04. The van der Waals surface area contributed by atoms with Gasteiger partial charge in [-0.1, -0.05) is 6.07 Å². The predicted octanol–water partition coefficient (Wildman–Crippen LogP) is 4.63. The van der Waals surface area contributed by atoms with E-state index < -0.39 is 0 Å². The number of ether oxygens (including phenoxy) is 1. The summed E-state index contributed by atoms with van der Waals surface area (Å²) >= 11 is 4.84. The van der Waals surface area contributed by atoms with E-state index in [0.717, 1.165) is 27.0 Å². The molecule has 1 aromatic carbocycles. The molecule has 0 bridgehead atoms. The van der Waals surface area contributed by atoms with E-state index in [4.69, 9.17) is 4.74 Å². The largest absolute Gasteiger partial charge is 0.496 e. The molecule has 7 heteroatoms. The molecule has 0 spiro atoms. The van der Waals surface area contributed by atoms with E-state index >= 15 is 0 Å². The van der Waals surface area contributed by atoms with Crippen LogP contribution in [0, 0.1) is 0 Å². The van der Waals surface area contributed by atoms with Gasteiger partial charge in [0.2, 0.25) is 5.91 Å². The molecule has 1 amide bonds. The highest BCUT2D eigenvalue weighted by Crippen LogP contribution is 2.32. The van der Waals surface area contributed by atoms with Crippen LogP contribution in [0.5, 0.6) is 5.75 Å². The molecule has 0 unspecified atom stereocenters. The molecule has 0 atom stereocenters. The van der Waals surface area contributed by atoms with Crippen LogP contribution in [0.2, 0.25) is 0 Å². The van der Waals surface area contributed by atoms with Gasteiger partial charge in [0.1, 0.15) is 5.75 Å². The molecule has 0 aliphatic rings. The zero-order valence-electron chi connectivity index (χ0n) is 13.3. The van der Waals surface area contributed by atoms with Crippen molar-refractivity contribution < 1.29 is 9.53 Å². The molecule has 1 N–H and O–H groups in total. The third-order valence-corrected chi connectivity index (χ3v) is 4.67. The van der Waals surface area contributed by atoms with Gasteiger partial charge >= 0.3 is 0 Å². The van der Waals surface area contributed by atoms with Gasteiger partial charge in [0, 0.05) is 29.4 Å². The summed E-state index contributed by atoms with van der Waals surface area (Å²) in [6, 6.07) is 9.42. The van der Waals surface area contributed by atoms with E-state index in [0.29, 0.717) is 5.13 Å². The Morgan fingerprint density at radius 1 is 1.36 bits per heavy atom. The number of carbonyl (C=O) groups is 1. The molecule has 0 aliphatic heterocycles. The summed E-state index contributed by atoms with van der Waals surface area (Å²) in [5.74, 6) is 0.522. The van der Waals surface area contributed by atoms with Crippen LogP contribution < -0.4 is 10.1 Å². The highest BCUT2D eigenvalue weighted by molar-refractivity contribution is 9.10. The first-order valence-corrected chi connectivity index (χ1v) is 9.01. The lowest BCUT2D eigenvalue weighted by Crippen LogP contribution is -2.07. The van der Waals surface area contributed by atoms with Gasteiger partial charge in [0.25, 0.3) is 0 Å². The van der Waals surface area contributed by atoms with E-state index in [-0.39, 0.29) is 5.91 Å². The Hall–Kier alpha value is -2.51. The van der Waals surface area contributed by atoms with E-state index in [1.54, 1.807) is 25.6 Å². The van der Waals surface area contributed by atoms with E-state index in [2.05, 4.69) is 31.2 Å². The lowest BCUT2D eigenvalue weighted by molar-refractivity contribution is -0.111. The molecule has 5 nitrogen and oxygen atoms in total. The van der Waals surface area contributed by atoms with Crippen LogP contribution >= 0.6 is 27.3 Å². The van der Waals surface area contributed by atoms with Gasteiger partial charge < -0.3 is 4.74 Å². The molecular weight excluding hydrogens is 402 g/mol. The minimum Gasteiger partial charge on any atom is -0.496 e. The average Bonchev–Trinajstić information content (AvgIpc) is 3.09. The van der Waals surface area contributed by atoms with Crippen molar-refractivity contribution in [3.8, 4) is 17.0 Å². The molecule has 0 aliphatic carbocycles. The molecule has 2 aromatic heterocycles. The fraction of sp³-hybridized carbons (Fsp3) is 0.0556. The molecule has 2 heterocycles. The van der Waals surface area contributed by atoms with Crippen molar-refractivity contribution in [1.29, 1.82) is 0 Å². The van der Waals surface area contributed by atoms with E-state index in [9.17, 15) is 4.79 Å². The number of nitrogens with zero attached hydrogens (tertiary/aromatic N) is 2. The average molecular weight is 416 g/mol. The standard InChI is InChI=1S/C18H14BrN3O2S/c1-24-16-6-5-13(9-14(16)19)15-11-25-18(21-15)22-17(23)7-4-12-3-2-8-20-10-12/h2-11H,1H3,(H,21,22,23). The highest BCUT2D eigenvalue weighted by atomic mass is 79.9. The number of thiazole rings is 1. The third-order valence-electron chi connectivity index (χ3n) is 3.29. The Kier molecular flexibility index (Phi) is 5.57. The van der Waals surface area contributed by atoms with Gasteiger partial charge in [0.15, 0.2) is 5.13 Å². The molecule has 0 saturated carbocycles. The summed E-state index contributed by atoms with van der Waals surface area (Å²) in [4.78, 5) is 20.4. The summed E-state index contributed by atoms with van der Waals surface area (Å²) in [6.45, 7) is 0. The first-order valence-electron chi connectivity index (χ1n) is 7.34. The van der Waals surface area contributed by atoms with Gasteiger partial charge in [0.05, 0.1) is 17.3 Å². The first-order chi connectivity index (χ1) is 12.2. The van der Waals surface area contributed by atoms with Crippen molar-refractivity contribution in [2.75, 3.05) is 12.4 Å². The second kappa shape index (κ2) is 8.04. The molecule has 126 valence electrons. The minimum absolute atomic E-state index is 0.235. The number of benzene rings is 1. The number of nitrogens with one attached hydrogen (secondary N) is 1. The van der Waals surface area contributed by atoms with Gasteiger partial charge in [-0.2, -0.15) is 0 Å². The highest BCUT2D eigenvalue weighted by Gasteiger charge is 2.08. The summed E-state index contributed by atoms with van der Waals surface area (Å²) < 4.78 is 6.08. The van der Waals surface area contributed by atoms with Crippen molar-refractivity contribution in [1.82, 2.24) is 9.97 Å². The zero-order chi connectivity index (χ0) is 17.6. The molecular formula is C18H14BrN3O2S. The monoisotopic (exact) mass is 415 g/mol. The fourth-order valence-electron chi connectivity index (χ4n) is 2.08. The number of amides is 1.